The smallest absolute Gasteiger partial charge is 0.497 e. The Morgan fingerprint density at radius 3 is 2.26 bits per heavy atom. The fraction of sp³-hybridized carbons (Fsp3) is 0.240. The molecule has 0 fully saturated rings. The molecule has 38 heavy (non-hydrogen) atoms. The molecule has 0 saturated carbocycles. The minimum absolute atomic E-state index is 0.0693. The summed E-state index contributed by atoms with van der Waals surface area (Å²) in [5, 5.41) is 10.4. The fourth-order valence-electron chi connectivity index (χ4n) is 4.14. The second kappa shape index (κ2) is 10.7. The van der Waals surface area contributed by atoms with Gasteiger partial charge in [0.1, 0.15) is 17.5 Å². The van der Waals surface area contributed by atoms with Crippen LogP contribution in [0.15, 0.2) is 71.6 Å². The zero-order valence-electron chi connectivity index (χ0n) is 19.9. The van der Waals surface area contributed by atoms with Crippen molar-refractivity contribution in [3.8, 4) is 11.5 Å². The van der Waals surface area contributed by atoms with E-state index in [2.05, 4.69) is 4.74 Å². The summed E-state index contributed by atoms with van der Waals surface area (Å²) >= 11 is 6.22. The summed E-state index contributed by atoms with van der Waals surface area (Å²) in [7, 11) is -2.83. The Kier molecular flexibility index (Phi) is 7.77. The molecule has 8 nitrogen and oxygen atoms in total. The van der Waals surface area contributed by atoms with Gasteiger partial charge in [-0.3, -0.25) is 4.79 Å². The van der Waals surface area contributed by atoms with E-state index in [1.54, 1.807) is 23.1 Å². The first-order valence-corrected chi connectivity index (χ1v) is 13.0. The number of nitrogens with zero attached hydrogens (tertiary/aromatic N) is 2. The van der Waals surface area contributed by atoms with Crippen LogP contribution < -0.4 is 14.4 Å². The van der Waals surface area contributed by atoms with Crippen LogP contribution in [-0.4, -0.2) is 49.9 Å². The first kappa shape index (κ1) is 27.6. The molecular weight excluding hydrogens is 549 g/mol. The Morgan fingerprint density at radius 2 is 1.68 bits per heavy atom. The van der Waals surface area contributed by atoms with E-state index in [4.69, 9.17) is 16.3 Å². The molecule has 1 N–H and O–H groups in total. The number of sulfonamides is 1. The number of rotatable bonds is 7. The molecule has 1 aliphatic rings. The zero-order valence-corrected chi connectivity index (χ0v) is 21.4. The minimum Gasteiger partial charge on any atom is -0.497 e. The quantitative estimate of drug-likeness (QED) is 0.431. The summed E-state index contributed by atoms with van der Waals surface area (Å²) in [5.74, 6) is -1.33. The van der Waals surface area contributed by atoms with E-state index in [-0.39, 0.29) is 24.5 Å². The molecule has 0 radical (unpaired) electrons. The lowest BCUT2D eigenvalue weighted by atomic mass is 10.1. The van der Waals surface area contributed by atoms with Crippen molar-refractivity contribution in [2.75, 3.05) is 18.6 Å². The largest absolute Gasteiger partial charge is 0.573 e. The molecule has 0 aliphatic carbocycles. The fourth-order valence-corrected chi connectivity index (χ4v) is 5.86. The average molecular weight is 571 g/mol. The maximum atomic E-state index is 13.6. The number of carboxylic acid groups (broad SMARTS) is 1. The van der Waals surface area contributed by atoms with Crippen molar-refractivity contribution < 1.29 is 41.0 Å². The topological polar surface area (TPSA) is 96.4 Å². The monoisotopic (exact) mass is 570 g/mol. The van der Waals surface area contributed by atoms with Gasteiger partial charge in [-0.15, -0.1) is 13.2 Å². The van der Waals surface area contributed by atoms with Gasteiger partial charge in [-0.1, -0.05) is 29.8 Å². The Bertz CT molecular complexity index is 1420. The lowest BCUT2D eigenvalue weighted by Crippen LogP contribution is -2.49. The Morgan fingerprint density at radius 1 is 1.05 bits per heavy atom. The van der Waals surface area contributed by atoms with Crippen molar-refractivity contribution in [3.05, 3.63) is 82.9 Å². The number of ether oxygens (including phenoxy) is 2. The summed E-state index contributed by atoms with van der Waals surface area (Å²) in [6.07, 6.45) is -4.84. The Balaban J connectivity index is 1.71. The van der Waals surface area contributed by atoms with E-state index in [9.17, 15) is 31.5 Å². The van der Waals surface area contributed by atoms with E-state index >= 15 is 0 Å². The van der Waals surface area contributed by atoms with Crippen LogP contribution in [0.5, 0.6) is 11.5 Å². The van der Waals surface area contributed by atoms with Gasteiger partial charge in [0.15, 0.2) is 0 Å². The van der Waals surface area contributed by atoms with Crippen molar-refractivity contribution in [2.45, 2.75) is 30.4 Å². The first-order chi connectivity index (χ1) is 17.9. The van der Waals surface area contributed by atoms with Gasteiger partial charge in [-0.25, -0.2) is 8.42 Å². The van der Waals surface area contributed by atoms with Gasteiger partial charge in [-0.05, 0) is 59.7 Å². The van der Waals surface area contributed by atoms with Crippen LogP contribution in [0, 0.1) is 0 Å². The predicted molar refractivity (Wildman–Crippen MR) is 133 cm³/mol. The molecule has 0 saturated heterocycles. The van der Waals surface area contributed by atoms with Gasteiger partial charge in [0, 0.05) is 30.3 Å². The van der Waals surface area contributed by atoms with Crippen LogP contribution in [0.1, 0.15) is 11.1 Å². The number of alkyl halides is 3. The molecule has 0 aromatic heterocycles. The number of halogens is 4. The highest BCUT2D eigenvalue weighted by Gasteiger charge is 2.40. The normalized spacial score (nSPS) is 16.4. The highest BCUT2D eigenvalue weighted by atomic mass is 35.5. The highest BCUT2D eigenvalue weighted by molar-refractivity contribution is 7.89. The molecule has 4 rings (SSSR count). The Hall–Kier alpha value is -3.48. The number of hydrogen-bond acceptors (Lipinski definition) is 6. The van der Waals surface area contributed by atoms with E-state index in [0.717, 1.165) is 16.4 Å². The van der Waals surface area contributed by atoms with Gasteiger partial charge in [0.05, 0.1) is 12.0 Å². The van der Waals surface area contributed by atoms with Gasteiger partial charge in [0.25, 0.3) is 0 Å². The van der Waals surface area contributed by atoms with Crippen LogP contribution in [-0.2, 0) is 27.9 Å². The number of anilines is 1. The second-order valence-electron chi connectivity index (χ2n) is 8.43. The molecular formula is C25H22ClF3N2O6S. The molecule has 1 aliphatic heterocycles. The molecule has 1 unspecified atom stereocenters. The molecule has 3 aromatic carbocycles. The number of carboxylic acids is 1. The van der Waals surface area contributed by atoms with Crippen LogP contribution in [0.3, 0.4) is 0 Å². The number of fused-ring (bicyclic) bond motifs is 1. The maximum Gasteiger partial charge on any atom is 0.573 e. The van der Waals surface area contributed by atoms with Crippen molar-refractivity contribution >= 4 is 33.3 Å². The molecule has 1 atom stereocenters. The molecule has 13 heteroatoms. The maximum absolute atomic E-state index is 13.6. The van der Waals surface area contributed by atoms with Gasteiger partial charge in [0.2, 0.25) is 10.0 Å². The summed E-state index contributed by atoms with van der Waals surface area (Å²) in [5.41, 5.74) is 1.56. The standard InChI is InChI=1S/C25H22ClF3N2O6S/c1-36-19-8-10-21(11-9-19)38(34,35)31-14-17-4-5-18(26)12-22(17)30(15-23(31)24(32)33)13-16-2-6-20(7-3-16)37-25(27,28)29/h2-12,23H,13-15H2,1H3,(H,32,33). The van der Waals surface area contributed by atoms with E-state index in [0.29, 0.717) is 27.6 Å². The number of methoxy groups -OCH3 is 1. The number of benzene rings is 3. The lowest BCUT2D eigenvalue weighted by molar-refractivity contribution is -0.274. The number of carbonyl (C=O) groups is 1. The SMILES string of the molecule is COc1ccc(S(=O)(=O)N2Cc3ccc(Cl)cc3N(Cc3ccc(OC(F)(F)F)cc3)CC2C(=O)O)cc1. The summed E-state index contributed by atoms with van der Waals surface area (Å²) in [4.78, 5) is 13.9. The number of hydrogen-bond donors (Lipinski definition) is 1. The van der Waals surface area contributed by atoms with E-state index < -0.39 is 34.1 Å². The average Bonchev–Trinajstić information content (AvgIpc) is 3.02. The van der Waals surface area contributed by atoms with Crippen LogP contribution in [0.4, 0.5) is 18.9 Å². The molecule has 1 heterocycles. The van der Waals surface area contributed by atoms with Gasteiger partial charge < -0.3 is 19.5 Å². The zero-order chi connectivity index (χ0) is 27.7. The van der Waals surface area contributed by atoms with Crippen molar-refractivity contribution in [2.24, 2.45) is 0 Å². The first-order valence-electron chi connectivity index (χ1n) is 11.1. The van der Waals surface area contributed by atoms with Crippen molar-refractivity contribution in [1.82, 2.24) is 4.31 Å². The van der Waals surface area contributed by atoms with Crippen LogP contribution in [0.25, 0.3) is 0 Å². The summed E-state index contributed by atoms with van der Waals surface area (Å²) in [6.45, 7) is -0.425. The Labute approximate surface area is 221 Å². The molecule has 0 spiro atoms. The predicted octanol–water partition coefficient (Wildman–Crippen LogP) is 4.91. The molecule has 0 bridgehead atoms. The molecule has 202 valence electrons. The van der Waals surface area contributed by atoms with E-state index in [1.807, 2.05) is 0 Å². The van der Waals surface area contributed by atoms with Crippen LogP contribution >= 0.6 is 11.6 Å². The molecule has 0 amide bonds. The van der Waals surface area contributed by atoms with Gasteiger partial charge in [-0.2, -0.15) is 4.31 Å². The number of aliphatic carboxylic acids is 1. The van der Waals surface area contributed by atoms with E-state index in [1.165, 1.54) is 43.5 Å². The highest BCUT2D eigenvalue weighted by Crippen LogP contribution is 2.34. The lowest BCUT2D eigenvalue weighted by Gasteiger charge is -2.29. The third-order valence-corrected chi connectivity index (χ3v) is 8.04. The van der Waals surface area contributed by atoms with Crippen molar-refractivity contribution in [1.29, 1.82) is 0 Å². The summed E-state index contributed by atoms with van der Waals surface area (Å²) in [6, 6.07) is 14.0. The minimum atomic E-state index is -4.84. The third kappa shape index (κ3) is 6.14. The molecule has 3 aromatic rings. The van der Waals surface area contributed by atoms with Crippen molar-refractivity contribution in [3.63, 3.8) is 0 Å². The second-order valence-corrected chi connectivity index (χ2v) is 10.8. The van der Waals surface area contributed by atoms with Crippen LogP contribution in [0.2, 0.25) is 5.02 Å². The van der Waals surface area contributed by atoms with Gasteiger partial charge >= 0.3 is 12.3 Å². The third-order valence-electron chi connectivity index (χ3n) is 5.94. The summed E-state index contributed by atoms with van der Waals surface area (Å²) < 4.78 is 74.7.